The van der Waals surface area contributed by atoms with Crippen LogP contribution in [0.3, 0.4) is 0 Å². The number of hydrazone groups is 1. The normalized spacial score (nSPS) is 10.7. The van der Waals surface area contributed by atoms with Gasteiger partial charge >= 0.3 is 0 Å². The Bertz CT molecular complexity index is 684. The van der Waals surface area contributed by atoms with Crippen LogP contribution in [0.2, 0.25) is 5.02 Å². The van der Waals surface area contributed by atoms with Gasteiger partial charge in [0.25, 0.3) is 5.91 Å². The molecule has 0 spiro atoms. The molecule has 0 radical (unpaired) electrons. The summed E-state index contributed by atoms with van der Waals surface area (Å²) >= 11 is 5.83. The van der Waals surface area contributed by atoms with Gasteiger partial charge in [-0.15, -0.1) is 0 Å². The summed E-state index contributed by atoms with van der Waals surface area (Å²) in [7, 11) is 0. The minimum atomic E-state index is -0.512. The highest BCUT2D eigenvalue weighted by Gasteiger charge is 2.05. The van der Waals surface area contributed by atoms with Crippen molar-refractivity contribution in [3.8, 4) is 5.75 Å². The van der Waals surface area contributed by atoms with Gasteiger partial charge in [-0.1, -0.05) is 35.9 Å². The molecule has 0 aliphatic heterocycles. The minimum absolute atomic E-state index is 0.115. The molecule has 6 heteroatoms. The summed E-state index contributed by atoms with van der Waals surface area (Å²) < 4.78 is 18.8. The second kappa shape index (κ2) is 7.56. The van der Waals surface area contributed by atoms with E-state index in [0.29, 0.717) is 5.75 Å². The van der Waals surface area contributed by atoms with Gasteiger partial charge in [-0.25, -0.2) is 9.82 Å². The lowest BCUT2D eigenvalue weighted by atomic mass is 10.2. The van der Waals surface area contributed by atoms with Crippen molar-refractivity contribution in [2.75, 3.05) is 6.61 Å². The molecule has 0 aromatic heterocycles. The molecule has 4 nitrogen and oxygen atoms in total. The molecule has 22 heavy (non-hydrogen) atoms. The first-order valence-electron chi connectivity index (χ1n) is 6.52. The van der Waals surface area contributed by atoms with Crippen LogP contribution >= 0.6 is 11.6 Å². The number of carbonyl (C=O) groups is 1. The van der Waals surface area contributed by atoms with E-state index >= 15 is 0 Å². The number of benzene rings is 2. The van der Waals surface area contributed by atoms with Gasteiger partial charge in [0.05, 0.1) is 11.2 Å². The van der Waals surface area contributed by atoms with Crippen molar-refractivity contribution in [3.05, 3.63) is 64.4 Å². The number of hydrogen-bond donors (Lipinski definition) is 1. The quantitative estimate of drug-likeness (QED) is 0.678. The van der Waals surface area contributed by atoms with E-state index in [-0.39, 0.29) is 17.2 Å². The maximum Gasteiger partial charge on any atom is 0.277 e. The van der Waals surface area contributed by atoms with E-state index in [9.17, 15) is 9.18 Å². The summed E-state index contributed by atoms with van der Waals surface area (Å²) in [5, 5.41) is 3.89. The maximum atomic E-state index is 13.5. The fourth-order valence-corrected chi connectivity index (χ4v) is 1.91. The molecule has 0 aliphatic carbocycles. The predicted molar refractivity (Wildman–Crippen MR) is 83.8 cm³/mol. The van der Waals surface area contributed by atoms with Crippen molar-refractivity contribution in [2.24, 2.45) is 5.10 Å². The van der Waals surface area contributed by atoms with Crippen LogP contribution in [-0.4, -0.2) is 18.7 Å². The first-order chi connectivity index (χ1) is 10.6. The average molecular weight is 321 g/mol. The maximum absolute atomic E-state index is 13.5. The lowest BCUT2D eigenvalue weighted by Crippen LogP contribution is -2.24. The molecular formula is C16H14ClFN2O2. The van der Waals surface area contributed by atoms with Crippen LogP contribution < -0.4 is 10.2 Å². The standard InChI is InChI=1S/C16H14ClFN2O2/c1-11-5-2-3-8-15(11)22-10-16(21)20-19-9-12-13(17)6-4-7-14(12)18/h2-9H,10H2,1H3,(H,20,21)/b19-9-. The van der Waals surface area contributed by atoms with Gasteiger partial charge < -0.3 is 4.74 Å². The summed E-state index contributed by atoms with van der Waals surface area (Å²) in [5.74, 6) is -0.340. The highest BCUT2D eigenvalue weighted by Crippen LogP contribution is 2.17. The second-order valence-corrected chi connectivity index (χ2v) is 4.89. The molecule has 0 bridgehead atoms. The number of para-hydroxylation sites is 1. The number of amides is 1. The molecule has 2 rings (SSSR count). The molecule has 0 atom stereocenters. The summed E-state index contributed by atoms with van der Waals surface area (Å²) in [5.41, 5.74) is 3.30. The van der Waals surface area contributed by atoms with E-state index in [4.69, 9.17) is 16.3 Å². The van der Waals surface area contributed by atoms with E-state index in [1.807, 2.05) is 25.1 Å². The molecule has 2 aromatic carbocycles. The molecule has 2 aromatic rings. The Balaban J connectivity index is 1.88. The van der Waals surface area contributed by atoms with Crippen LogP contribution in [0.25, 0.3) is 0 Å². The zero-order valence-corrected chi connectivity index (χ0v) is 12.6. The molecule has 114 valence electrons. The van der Waals surface area contributed by atoms with Gasteiger partial charge in [-0.05, 0) is 30.7 Å². The van der Waals surface area contributed by atoms with Gasteiger partial charge in [0.15, 0.2) is 6.61 Å². The number of aryl methyl sites for hydroxylation is 1. The SMILES string of the molecule is Cc1ccccc1OCC(=O)N/N=C\c1c(F)cccc1Cl. The van der Waals surface area contributed by atoms with Crippen molar-refractivity contribution >= 4 is 23.7 Å². The Labute approximate surface area is 132 Å². The van der Waals surface area contributed by atoms with E-state index < -0.39 is 11.7 Å². The highest BCUT2D eigenvalue weighted by atomic mass is 35.5. The molecule has 0 heterocycles. The van der Waals surface area contributed by atoms with Gasteiger partial charge in [0.2, 0.25) is 0 Å². The highest BCUT2D eigenvalue weighted by molar-refractivity contribution is 6.33. The van der Waals surface area contributed by atoms with Crippen LogP contribution in [0.15, 0.2) is 47.6 Å². The van der Waals surface area contributed by atoms with Crippen LogP contribution in [0.5, 0.6) is 5.75 Å². The monoisotopic (exact) mass is 320 g/mol. The third-order valence-electron chi connectivity index (χ3n) is 2.83. The van der Waals surface area contributed by atoms with Crippen molar-refractivity contribution < 1.29 is 13.9 Å². The first kappa shape index (κ1) is 16.0. The molecule has 1 amide bonds. The lowest BCUT2D eigenvalue weighted by Gasteiger charge is -2.07. The second-order valence-electron chi connectivity index (χ2n) is 4.48. The first-order valence-corrected chi connectivity index (χ1v) is 6.90. The molecular weight excluding hydrogens is 307 g/mol. The summed E-state index contributed by atoms with van der Waals surface area (Å²) in [6.45, 7) is 1.69. The zero-order chi connectivity index (χ0) is 15.9. The lowest BCUT2D eigenvalue weighted by molar-refractivity contribution is -0.123. The van der Waals surface area contributed by atoms with E-state index in [2.05, 4.69) is 10.5 Å². The number of nitrogens with zero attached hydrogens (tertiary/aromatic N) is 1. The van der Waals surface area contributed by atoms with Crippen molar-refractivity contribution in [1.82, 2.24) is 5.43 Å². The topological polar surface area (TPSA) is 50.7 Å². The smallest absolute Gasteiger partial charge is 0.277 e. The van der Waals surface area contributed by atoms with Crippen LogP contribution in [-0.2, 0) is 4.79 Å². The Morgan fingerprint density at radius 1 is 1.32 bits per heavy atom. The Morgan fingerprint density at radius 2 is 2.09 bits per heavy atom. The third-order valence-corrected chi connectivity index (χ3v) is 3.16. The van der Waals surface area contributed by atoms with Crippen LogP contribution in [0, 0.1) is 12.7 Å². The summed E-state index contributed by atoms with van der Waals surface area (Å²) in [6.07, 6.45) is 1.16. The molecule has 0 fully saturated rings. The van der Waals surface area contributed by atoms with E-state index in [1.54, 1.807) is 6.07 Å². The predicted octanol–water partition coefficient (Wildman–Crippen LogP) is 3.32. The Morgan fingerprint density at radius 3 is 2.82 bits per heavy atom. The number of nitrogens with one attached hydrogen (secondary N) is 1. The largest absolute Gasteiger partial charge is 0.483 e. The number of carbonyl (C=O) groups excluding carboxylic acids is 1. The summed E-state index contributed by atoms with van der Waals surface area (Å²) in [6, 6.07) is 11.6. The Hall–Kier alpha value is -2.40. The molecule has 0 unspecified atom stereocenters. The van der Waals surface area contributed by atoms with Crippen LogP contribution in [0.4, 0.5) is 4.39 Å². The zero-order valence-electron chi connectivity index (χ0n) is 11.8. The third kappa shape index (κ3) is 4.30. The van der Waals surface area contributed by atoms with Gasteiger partial charge in [0, 0.05) is 5.56 Å². The van der Waals surface area contributed by atoms with E-state index in [0.717, 1.165) is 11.8 Å². The molecule has 0 aliphatic rings. The number of halogens is 2. The fraction of sp³-hybridized carbons (Fsp3) is 0.125. The van der Waals surface area contributed by atoms with Crippen molar-refractivity contribution in [1.29, 1.82) is 0 Å². The number of rotatable bonds is 5. The van der Waals surface area contributed by atoms with Gasteiger partial charge in [-0.3, -0.25) is 4.79 Å². The summed E-state index contributed by atoms with van der Waals surface area (Å²) in [4.78, 5) is 11.6. The minimum Gasteiger partial charge on any atom is -0.483 e. The van der Waals surface area contributed by atoms with E-state index in [1.165, 1.54) is 18.2 Å². The van der Waals surface area contributed by atoms with Gasteiger partial charge in [-0.2, -0.15) is 5.10 Å². The number of ether oxygens (including phenoxy) is 1. The number of hydrogen-bond acceptors (Lipinski definition) is 3. The Kier molecular flexibility index (Phi) is 5.49. The van der Waals surface area contributed by atoms with Gasteiger partial charge in [0.1, 0.15) is 11.6 Å². The van der Waals surface area contributed by atoms with Crippen molar-refractivity contribution in [3.63, 3.8) is 0 Å². The molecule has 0 saturated carbocycles. The fourth-order valence-electron chi connectivity index (χ4n) is 1.70. The van der Waals surface area contributed by atoms with Crippen LogP contribution in [0.1, 0.15) is 11.1 Å². The average Bonchev–Trinajstić information content (AvgIpc) is 2.49. The molecule has 0 saturated heterocycles. The van der Waals surface area contributed by atoms with Crippen molar-refractivity contribution in [2.45, 2.75) is 6.92 Å². The molecule has 1 N–H and O–H groups in total.